The minimum atomic E-state index is -0.357. The molecule has 2 rings (SSSR count). The normalized spacial score (nSPS) is 17.3. The Kier molecular flexibility index (Phi) is 10.3. The first-order chi connectivity index (χ1) is 14.5. The van der Waals surface area contributed by atoms with Crippen LogP contribution in [0.1, 0.15) is 32.3 Å². The summed E-state index contributed by atoms with van der Waals surface area (Å²) in [6.07, 6.45) is 0.298. The molecule has 0 aliphatic carbocycles. The molecule has 0 radical (unpaired) electrons. The zero-order valence-electron chi connectivity index (χ0n) is 18.1. The molecule has 166 valence electrons. The summed E-state index contributed by atoms with van der Waals surface area (Å²) in [7, 11) is 0. The first-order valence-corrected chi connectivity index (χ1v) is 10.7. The number of carbonyl (C=O) groups is 3. The average molecular weight is 419 g/mol. The van der Waals surface area contributed by atoms with Crippen molar-refractivity contribution in [2.45, 2.75) is 39.3 Å². The molecule has 8 nitrogen and oxygen atoms in total. The number of benzene rings is 1. The van der Waals surface area contributed by atoms with E-state index < -0.39 is 0 Å². The van der Waals surface area contributed by atoms with Gasteiger partial charge in [0.15, 0.2) is 0 Å². The summed E-state index contributed by atoms with van der Waals surface area (Å²) in [5, 5.41) is 5.56. The van der Waals surface area contributed by atoms with Gasteiger partial charge < -0.3 is 20.3 Å². The van der Waals surface area contributed by atoms with E-state index in [9.17, 15) is 14.4 Å². The van der Waals surface area contributed by atoms with E-state index in [1.807, 2.05) is 30.3 Å². The minimum Gasteiger partial charge on any atom is -0.461 e. The molecular formula is C22H34N4O4. The zero-order valence-corrected chi connectivity index (χ0v) is 18.1. The Morgan fingerprint density at radius 2 is 1.73 bits per heavy atom. The van der Waals surface area contributed by atoms with Gasteiger partial charge in [0.2, 0.25) is 11.8 Å². The molecule has 1 aromatic rings. The van der Waals surface area contributed by atoms with Gasteiger partial charge in [-0.05, 0) is 18.7 Å². The summed E-state index contributed by atoms with van der Waals surface area (Å²) in [4.78, 5) is 40.7. The summed E-state index contributed by atoms with van der Waals surface area (Å²) >= 11 is 0. The van der Waals surface area contributed by atoms with E-state index >= 15 is 0 Å². The summed E-state index contributed by atoms with van der Waals surface area (Å²) in [5.41, 5.74) is 0.923. The monoisotopic (exact) mass is 418 g/mol. The van der Waals surface area contributed by atoms with Crippen LogP contribution in [0.4, 0.5) is 0 Å². The Morgan fingerprint density at radius 3 is 2.43 bits per heavy atom. The fourth-order valence-electron chi connectivity index (χ4n) is 3.41. The highest BCUT2D eigenvalue weighted by Gasteiger charge is 2.30. The van der Waals surface area contributed by atoms with E-state index in [2.05, 4.69) is 34.3 Å². The highest BCUT2D eigenvalue weighted by Crippen LogP contribution is 2.09. The van der Waals surface area contributed by atoms with Gasteiger partial charge in [-0.25, -0.2) is 0 Å². The molecular weight excluding hydrogens is 384 g/mol. The molecule has 2 amide bonds. The number of esters is 1. The molecule has 1 saturated heterocycles. The summed E-state index contributed by atoms with van der Waals surface area (Å²) < 4.78 is 5.17. The van der Waals surface area contributed by atoms with Crippen molar-refractivity contribution in [3.05, 3.63) is 35.9 Å². The lowest BCUT2D eigenvalue weighted by atomic mass is 10.1. The predicted molar refractivity (Wildman–Crippen MR) is 115 cm³/mol. The van der Waals surface area contributed by atoms with Crippen LogP contribution in [0.5, 0.6) is 0 Å². The number of rotatable bonds is 11. The number of piperazine rings is 1. The van der Waals surface area contributed by atoms with Crippen LogP contribution >= 0.6 is 0 Å². The first kappa shape index (κ1) is 23.8. The smallest absolute Gasteiger partial charge is 0.307 e. The number of nitrogens with one attached hydrogen (secondary N) is 2. The highest BCUT2D eigenvalue weighted by atomic mass is 16.5. The van der Waals surface area contributed by atoms with Crippen LogP contribution in [0, 0.1) is 0 Å². The van der Waals surface area contributed by atoms with Gasteiger partial charge in [-0.15, -0.1) is 0 Å². The van der Waals surface area contributed by atoms with E-state index in [0.29, 0.717) is 6.54 Å². The van der Waals surface area contributed by atoms with Crippen molar-refractivity contribution in [2.75, 3.05) is 45.8 Å². The van der Waals surface area contributed by atoms with Crippen molar-refractivity contribution >= 4 is 17.8 Å². The van der Waals surface area contributed by atoms with E-state index in [0.717, 1.165) is 31.7 Å². The van der Waals surface area contributed by atoms with Gasteiger partial charge in [-0.2, -0.15) is 0 Å². The third-order valence-corrected chi connectivity index (χ3v) is 5.28. The van der Waals surface area contributed by atoms with Crippen LogP contribution in [-0.4, -0.2) is 79.4 Å². The van der Waals surface area contributed by atoms with Crippen molar-refractivity contribution in [3.63, 3.8) is 0 Å². The molecule has 0 bridgehead atoms. The van der Waals surface area contributed by atoms with Crippen molar-refractivity contribution in [3.8, 4) is 0 Å². The third kappa shape index (κ3) is 8.12. The summed E-state index contributed by atoms with van der Waals surface area (Å²) in [6.45, 7) is 9.21. The molecule has 1 aliphatic heterocycles. The number of hydrogen-bond donors (Lipinski definition) is 2. The zero-order chi connectivity index (χ0) is 21.8. The molecule has 30 heavy (non-hydrogen) atoms. The highest BCUT2D eigenvalue weighted by molar-refractivity contribution is 5.83. The number of nitrogens with zero attached hydrogens (tertiary/aromatic N) is 2. The molecule has 0 saturated carbocycles. The molecule has 1 unspecified atom stereocenters. The maximum absolute atomic E-state index is 12.5. The topological polar surface area (TPSA) is 91.0 Å². The largest absolute Gasteiger partial charge is 0.461 e. The molecule has 1 heterocycles. The first-order valence-electron chi connectivity index (χ1n) is 10.7. The van der Waals surface area contributed by atoms with Crippen LogP contribution in [0.25, 0.3) is 0 Å². The second-order valence-electron chi connectivity index (χ2n) is 7.32. The lowest BCUT2D eigenvalue weighted by Crippen LogP contribution is -2.58. The fraction of sp³-hybridized carbons (Fsp3) is 0.591. The lowest BCUT2D eigenvalue weighted by molar-refractivity contribution is -0.144. The van der Waals surface area contributed by atoms with Crippen molar-refractivity contribution in [2.24, 2.45) is 0 Å². The maximum atomic E-state index is 12.5. The van der Waals surface area contributed by atoms with E-state index in [4.69, 9.17) is 4.74 Å². The number of ether oxygens (including phenoxy) is 1. The van der Waals surface area contributed by atoms with Gasteiger partial charge in [0.1, 0.15) is 12.6 Å². The Labute approximate surface area is 178 Å². The quantitative estimate of drug-likeness (QED) is 0.516. The Bertz CT molecular complexity index is 683. The number of carbonyl (C=O) groups excluding carboxylic acids is 3. The van der Waals surface area contributed by atoms with Gasteiger partial charge in [-0.1, -0.05) is 44.2 Å². The molecule has 2 N–H and O–H groups in total. The van der Waals surface area contributed by atoms with Gasteiger partial charge in [0, 0.05) is 39.1 Å². The van der Waals surface area contributed by atoms with E-state index in [1.54, 1.807) is 0 Å². The number of amides is 2. The van der Waals surface area contributed by atoms with Crippen molar-refractivity contribution < 1.29 is 19.1 Å². The SMILES string of the molecule is CCN1CCN(CC)C(C(=O)NCCC(=O)NCCC(=O)OCc2ccccc2)C1. The van der Waals surface area contributed by atoms with Crippen molar-refractivity contribution in [1.82, 2.24) is 20.4 Å². The molecule has 0 aromatic heterocycles. The average Bonchev–Trinajstić information content (AvgIpc) is 2.77. The fourth-order valence-corrected chi connectivity index (χ4v) is 3.41. The number of likely N-dealkylation sites (N-methyl/N-ethyl adjacent to an activating group) is 2. The van der Waals surface area contributed by atoms with E-state index in [1.165, 1.54) is 0 Å². The molecule has 8 heteroatoms. The second kappa shape index (κ2) is 13.0. The van der Waals surface area contributed by atoms with Gasteiger partial charge >= 0.3 is 5.97 Å². The van der Waals surface area contributed by atoms with Crippen LogP contribution in [-0.2, 0) is 25.7 Å². The van der Waals surface area contributed by atoms with Crippen LogP contribution in [0.15, 0.2) is 30.3 Å². The maximum Gasteiger partial charge on any atom is 0.307 e. The standard InChI is InChI=1S/C22H34N4O4/c1-3-25-14-15-26(4-2)19(16-25)22(29)24-12-10-20(27)23-13-11-21(28)30-17-18-8-6-5-7-9-18/h5-9,19H,3-4,10-17H2,1-2H3,(H,23,27)(H,24,29). The van der Waals surface area contributed by atoms with Gasteiger partial charge in [0.05, 0.1) is 6.42 Å². The van der Waals surface area contributed by atoms with Crippen molar-refractivity contribution in [1.29, 1.82) is 0 Å². The lowest BCUT2D eigenvalue weighted by Gasteiger charge is -2.39. The molecule has 1 aromatic carbocycles. The Morgan fingerprint density at radius 1 is 1.00 bits per heavy atom. The molecule has 1 fully saturated rings. The van der Waals surface area contributed by atoms with Crippen LogP contribution < -0.4 is 10.6 Å². The molecule has 1 aliphatic rings. The van der Waals surface area contributed by atoms with E-state index in [-0.39, 0.29) is 56.4 Å². The van der Waals surface area contributed by atoms with Gasteiger partial charge in [0.25, 0.3) is 0 Å². The Balaban J connectivity index is 1.59. The molecule has 1 atom stereocenters. The summed E-state index contributed by atoms with van der Waals surface area (Å²) in [6, 6.07) is 9.27. The molecule has 0 spiro atoms. The third-order valence-electron chi connectivity index (χ3n) is 5.28. The summed E-state index contributed by atoms with van der Waals surface area (Å²) in [5.74, 6) is -0.588. The second-order valence-corrected chi connectivity index (χ2v) is 7.32. The minimum absolute atomic E-state index is 0.0349. The number of hydrogen-bond acceptors (Lipinski definition) is 6. The van der Waals surface area contributed by atoms with Crippen LogP contribution in [0.2, 0.25) is 0 Å². The van der Waals surface area contributed by atoms with Crippen LogP contribution in [0.3, 0.4) is 0 Å². The van der Waals surface area contributed by atoms with Gasteiger partial charge in [-0.3, -0.25) is 19.3 Å². The predicted octanol–water partition coefficient (Wildman–Crippen LogP) is 0.768. The Hall–Kier alpha value is -2.45.